The molecular weight excluding hydrogens is 402 g/mol. The number of rotatable bonds is 7. The van der Waals surface area contributed by atoms with Gasteiger partial charge in [-0.25, -0.2) is 8.42 Å². The number of carbonyl (C=O) groups is 2. The number of hydrogen-bond acceptors (Lipinski definition) is 4. The molecule has 1 saturated heterocycles. The molecule has 7 nitrogen and oxygen atoms in total. The first kappa shape index (κ1) is 22.0. The number of hydrogen-bond donors (Lipinski definition) is 1. The van der Waals surface area contributed by atoms with Crippen LogP contribution in [-0.4, -0.2) is 43.7 Å². The van der Waals surface area contributed by atoms with Gasteiger partial charge in [-0.15, -0.1) is 0 Å². The van der Waals surface area contributed by atoms with Gasteiger partial charge in [0.1, 0.15) is 0 Å². The van der Waals surface area contributed by atoms with Gasteiger partial charge >= 0.3 is 0 Å². The van der Waals surface area contributed by atoms with Crippen LogP contribution in [0.2, 0.25) is 0 Å². The summed E-state index contributed by atoms with van der Waals surface area (Å²) < 4.78 is 27.5. The maximum atomic E-state index is 13.1. The van der Waals surface area contributed by atoms with Crippen molar-refractivity contribution in [3.63, 3.8) is 0 Å². The summed E-state index contributed by atoms with van der Waals surface area (Å²) in [5.41, 5.74) is 6.24. The number of primary amides is 1. The Kier molecular flexibility index (Phi) is 6.89. The first-order chi connectivity index (χ1) is 14.3. The predicted octanol–water partition coefficient (Wildman–Crippen LogP) is 2.77. The van der Waals surface area contributed by atoms with Crippen molar-refractivity contribution in [2.45, 2.75) is 43.5 Å². The number of anilines is 1. The molecule has 1 aliphatic rings. The van der Waals surface area contributed by atoms with Crippen molar-refractivity contribution in [2.24, 2.45) is 5.73 Å². The molecule has 8 heteroatoms. The van der Waals surface area contributed by atoms with Gasteiger partial charge in [0.15, 0.2) is 0 Å². The normalized spacial score (nSPS) is 17.4. The Hall–Kier alpha value is -2.71. The van der Waals surface area contributed by atoms with Crippen molar-refractivity contribution in [1.82, 2.24) is 4.31 Å². The van der Waals surface area contributed by atoms with Crippen LogP contribution in [0.25, 0.3) is 0 Å². The van der Waals surface area contributed by atoms with Crippen molar-refractivity contribution >= 4 is 27.5 Å². The average molecular weight is 430 g/mol. The van der Waals surface area contributed by atoms with E-state index in [0.717, 1.165) is 19.3 Å². The largest absolute Gasteiger partial charge is 0.370 e. The highest BCUT2D eigenvalue weighted by atomic mass is 32.2. The minimum absolute atomic E-state index is 0.0277. The van der Waals surface area contributed by atoms with Crippen LogP contribution in [0.15, 0.2) is 59.5 Å². The van der Waals surface area contributed by atoms with Crippen molar-refractivity contribution in [3.05, 3.63) is 60.2 Å². The summed E-state index contributed by atoms with van der Waals surface area (Å²) in [7, 11) is -3.60. The third kappa shape index (κ3) is 4.88. The average Bonchev–Trinajstić information content (AvgIpc) is 2.74. The molecular formula is C22H27N3O4S. The summed E-state index contributed by atoms with van der Waals surface area (Å²) in [4.78, 5) is 26.0. The molecule has 1 heterocycles. The molecule has 0 bridgehead atoms. The van der Waals surface area contributed by atoms with Crippen LogP contribution in [-0.2, 0) is 14.8 Å². The zero-order chi connectivity index (χ0) is 21.7. The van der Waals surface area contributed by atoms with Crippen molar-refractivity contribution in [2.75, 3.05) is 18.0 Å². The van der Waals surface area contributed by atoms with E-state index in [4.69, 9.17) is 5.73 Å². The molecule has 0 aliphatic carbocycles. The molecule has 0 aromatic heterocycles. The van der Waals surface area contributed by atoms with Crippen LogP contribution in [0.1, 0.15) is 43.0 Å². The van der Waals surface area contributed by atoms with Gasteiger partial charge in [-0.2, -0.15) is 4.31 Å². The molecule has 1 fully saturated rings. The SMILES string of the molecule is CC1CCCCN1S(=O)(=O)c1ccc(C(=O)N(CCC(N)=O)c2ccccc2)cc1. The van der Waals surface area contributed by atoms with Gasteiger partial charge < -0.3 is 10.6 Å². The number of para-hydroxylation sites is 1. The Morgan fingerprint density at radius 2 is 1.73 bits per heavy atom. The smallest absolute Gasteiger partial charge is 0.258 e. The lowest BCUT2D eigenvalue weighted by Crippen LogP contribution is -2.41. The highest BCUT2D eigenvalue weighted by Crippen LogP contribution is 2.26. The van der Waals surface area contributed by atoms with Gasteiger partial charge in [-0.1, -0.05) is 24.6 Å². The Balaban J connectivity index is 1.84. The van der Waals surface area contributed by atoms with Crippen LogP contribution in [0.5, 0.6) is 0 Å². The number of carbonyl (C=O) groups excluding carboxylic acids is 2. The van der Waals surface area contributed by atoms with E-state index in [-0.39, 0.29) is 29.8 Å². The molecule has 0 spiro atoms. The van der Waals surface area contributed by atoms with Crippen LogP contribution in [0.4, 0.5) is 5.69 Å². The van der Waals surface area contributed by atoms with E-state index in [2.05, 4.69) is 0 Å². The summed E-state index contributed by atoms with van der Waals surface area (Å²) in [5, 5.41) is 0. The Labute approximate surface area is 177 Å². The van der Waals surface area contributed by atoms with Crippen molar-refractivity contribution in [1.29, 1.82) is 0 Å². The molecule has 1 atom stereocenters. The molecule has 2 aromatic rings. The minimum atomic E-state index is -3.60. The second kappa shape index (κ2) is 9.40. The van der Waals surface area contributed by atoms with Gasteiger partial charge in [0, 0.05) is 36.8 Å². The molecule has 0 radical (unpaired) electrons. The van der Waals surface area contributed by atoms with Crippen LogP contribution < -0.4 is 10.6 Å². The molecule has 30 heavy (non-hydrogen) atoms. The zero-order valence-electron chi connectivity index (χ0n) is 17.0. The van der Waals surface area contributed by atoms with Crippen molar-refractivity contribution in [3.8, 4) is 0 Å². The molecule has 2 N–H and O–H groups in total. The third-order valence-electron chi connectivity index (χ3n) is 5.34. The van der Waals surface area contributed by atoms with Gasteiger partial charge in [0.2, 0.25) is 15.9 Å². The second-order valence-corrected chi connectivity index (χ2v) is 9.38. The maximum Gasteiger partial charge on any atom is 0.258 e. The van der Waals surface area contributed by atoms with Gasteiger partial charge in [0.25, 0.3) is 5.91 Å². The standard InChI is InChI=1S/C22H27N3O4S/c1-17-7-5-6-15-25(17)30(28,29)20-12-10-18(11-13-20)22(27)24(16-14-21(23)26)19-8-3-2-4-9-19/h2-4,8-13,17H,5-7,14-16H2,1H3,(H2,23,26). The fourth-order valence-electron chi connectivity index (χ4n) is 3.67. The van der Waals surface area contributed by atoms with Crippen LogP contribution >= 0.6 is 0 Å². The number of nitrogens with zero attached hydrogens (tertiary/aromatic N) is 2. The monoisotopic (exact) mass is 429 g/mol. The summed E-state index contributed by atoms with van der Waals surface area (Å²) in [6.07, 6.45) is 2.76. The van der Waals surface area contributed by atoms with E-state index in [0.29, 0.717) is 17.8 Å². The fourth-order valence-corrected chi connectivity index (χ4v) is 5.37. The second-order valence-electron chi connectivity index (χ2n) is 7.49. The fraction of sp³-hybridized carbons (Fsp3) is 0.364. The van der Waals surface area contributed by atoms with E-state index in [1.165, 1.54) is 33.5 Å². The summed E-state index contributed by atoms with van der Waals surface area (Å²) in [5.74, 6) is -0.821. The van der Waals surface area contributed by atoms with Crippen molar-refractivity contribution < 1.29 is 18.0 Å². The lowest BCUT2D eigenvalue weighted by atomic mass is 10.1. The Morgan fingerprint density at radius 1 is 1.07 bits per heavy atom. The number of nitrogens with two attached hydrogens (primary N) is 1. The van der Waals surface area contributed by atoms with Crippen LogP contribution in [0, 0.1) is 0 Å². The van der Waals surface area contributed by atoms with Gasteiger partial charge in [-0.05, 0) is 56.2 Å². The lowest BCUT2D eigenvalue weighted by Gasteiger charge is -2.32. The quantitative estimate of drug-likeness (QED) is 0.731. The first-order valence-electron chi connectivity index (χ1n) is 10.1. The topological polar surface area (TPSA) is 101 Å². The minimum Gasteiger partial charge on any atom is -0.370 e. The molecule has 160 valence electrons. The van der Waals surface area contributed by atoms with E-state index >= 15 is 0 Å². The molecule has 3 rings (SSSR count). The highest BCUT2D eigenvalue weighted by molar-refractivity contribution is 7.89. The summed E-state index contributed by atoms with van der Waals surface area (Å²) >= 11 is 0. The first-order valence-corrected chi connectivity index (χ1v) is 11.5. The molecule has 1 aliphatic heterocycles. The molecule has 1 unspecified atom stereocenters. The zero-order valence-corrected chi connectivity index (χ0v) is 17.8. The molecule has 2 aromatic carbocycles. The molecule has 2 amide bonds. The maximum absolute atomic E-state index is 13.1. The van der Waals surface area contributed by atoms with E-state index in [1.54, 1.807) is 24.3 Å². The highest BCUT2D eigenvalue weighted by Gasteiger charge is 2.31. The number of benzene rings is 2. The van der Waals surface area contributed by atoms with E-state index in [9.17, 15) is 18.0 Å². The predicted molar refractivity (Wildman–Crippen MR) is 116 cm³/mol. The van der Waals surface area contributed by atoms with Gasteiger partial charge in [0.05, 0.1) is 4.90 Å². The molecule has 0 saturated carbocycles. The summed E-state index contributed by atoms with van der Waals surface area (Å²) in [6, 6.07) is 14.9. The number of sulfonamides is 1. The van der Waals surface area contributed by atoms with Crippen LogP contribution in [0.3, 0.4) is 0 Å². The Bertz CT molecular complexity index is 991. The number of amides is 2. The third-order valence-corrected chi connectivity index (χ3v) is 7.37. The van der Waals surface area contributed by atoms with E-state index in [1.807, 2.05) is 13.0 Å². The Morgan fingerprint density at radius 3 is 2.33 bits per heavy atom. The van der Waals surface area contributed by atoms with Gasteiger partial charge in [-0.3, -0.25) is 9.59 Å². The number of piperidine rings is 1. The summed E-state index contributed by atoms with van der Waals surface area (Å²) in [6.45, 7) is 2.58. The van der Waals surface area contributed by atoms with E-state index < -0.39 is 15.9 Å². The lowest BCUT2D eigenvalue weighted by molar-refractivity contribution is -0.117.